The number of ether oxygens (including phenoxy) is 2. The summed E-state index contributed by atoms with van der Waals surface area (Å²) in [6, 6.07) is 16.1. The van der Waals surface area contributed by atoms with E-state index >= 15 is 0 Å². The predicted molar refractivity (Wildman–Crippen MR) is 113 cm³/mol. The first-order valence-corrected chi connectivity index (χ1v) is 9.63. The van der Waals surface area contributed by atoms with Gasteiger partial charge in [-0.05, 0) is 42.8 Å². The van der Waals surface area contributed by atoms with Crippen molar-refractivity contribution in [1.29, 1.82) is 5.26 Å². The molecule has 0 saturated carbocycles. The van der Waals surface area contributed by atoms with Crippen LogP contribution in [0.2, 0.25) is 0 Å². The minimum absolute atomic E-state index is 0.00765. The number of hydrogen-bond donors (Lipinski definition) is 1. The Morgan fingerprint density at radius 2 is 1.80 bits per heavy atom. The number of aryl methyl sites for hydroxylation is 1. The summed E-state index contributed by atoms with van der Waals surface area (Å²) in [7, 11) is 0. The van der Waals surface area contributed by atoms with Crippen LogP contribution in [0.5, 0.6) is 5.75 Å². The van der Waals surface area contributed by atoms with Crippen LogP contribution < -0.4 is 10.1 Å². The highest BCUT2D eigenvalue weighted by Crippen LogP contribution is 2.16. The molecule has 0 spiro atoms. The van der Waals surface area contributed by atoms with Gasteiger partial charge in [-0.2, -0.15) is 5.26 Å². The maximum atomic E-state index is 12.4. The molecule has 0 aliphatic carbocycles. The molecule has 7 heteroatoms. The molecule has 1 aliphatic heterocycles. The summed E-state index contributed by atoms with van der Waals surface area (Å²) < 4.78 is 10.8. The normalized spacial score (nSPS) is 14.0. The lowest BCUT2D eigenvalue weighted by Gasteiger charge is -2.26. The van der Waals surface area contributed by atoms with E-state index in [-0.39, 0.29) is 18.1 Å². The van der Waals surface area contributed by atoms with Gasteiger partial charge in [0.15, 0.2) is 6.61 Å². The SMILES string of the molecule is Cc1ccc(NC(=O)/C(C#N)=C\c2ccc(OCC(=O)N3CCOCC3)cc2)cc1. The maximum absolute atomic E-state index is 12.4. The number of nitrogens with zero attached hydrogens (tertiary/aromatic N) is 2. The highest BCUT2D eigenvalue weighted by Gasteiger charge is 2.17. The fraction of sp³-hybridized carbons (Fsp3) is 0.261. The van der Waals surface area contributed by atoms with Gasteiger partial charge in [0, 0.05) is 18.8 Å². The molecule has 0 aromatic heterocycles. The molecular weight excluding hydrogens is 382 g/mol. The fourth-order valence-corrected chi connectivity index (χ4v) is 2.86. The summed E-state index contributed by atoms with van der Waals surface area (Å²) in [5.74, 6) is -0.0176. The molecule has 3 rings (SSSR count). The van der Waals surface area contributed by atoms with Crippen molar-refractivity contribution in [3.63, 3.8) is 0 Å². The van der Waals surface area contributed by atoms with Crippen molar-refractivity contribution in [2.24, 2.45) is 0 Å². The third-order valence-electron chi connectivity index (χ3n) is 4.59. The van der Waals surface area contributed by atoms with Crippen LogP contribution in [0.25, 0.3) is 6.08 Å². The lowest BCUT2D eigenvalue weighted by molar-refractivity contribution is -0.137. The van der Waals surface area contributed by atoms with Gasteiger partial charge in [-0.15, -0.1) is 0 Å². The van der Waals surface area contributed by atoms with E-state index in [2.05, 4.69) is 5.32 Å². The standard InChI is InChI=1S/C23H23N3O4/c1-17-2-6-20(7-3-17)25-23(28)19(15-24)14-18-4-8-21(9-5-18)30-16-22(27)26-10-12-29-13-11-26/h2-9,14H,10-13,16H2,1H3,(H,25,28)/b19-14-. The van der Waals surface area contributed by atoms with Gasteiger partial charge in [0.05, 0.1) is 13.2 Å². The van der Waals surface area contributed by atoms with Crippen molar-refractivity contribution < 1.29 is 19.1 Å². The second kappa shape index (κ2) is 10.2. The lowest BCUT2D eigenvalue weighted by Crippen LogP contribution is -2.42. The zero-order valence-corrected chi connectivity index (χ0v) is 16.8. The highest BCUT2D eigenvalue weighted by atomic mass is 16.5. The van der Waals surface area contributed by atoms with E-state index in [9.17, 15) is 14.9 Å². The summed E-state index contributed by atoms with van der Waals surface area (Å²) in [5.41, 5.74) is 2.38. The summed E-state index contributed by atoms with van der Waals surface area (Å²) >= 11 is 0. The Bertz CT molecular complexity index is 953. The lowest BCUT2D eigenvalue weighted by atomic mass is 10.1. The molecule has 0 bridgehead atoms. The van der Waals surface area contributed by atoms with Crippen LogP contribution >= 0.6 is 0 Å². The van der Waals surface area contributed by atoms with Gasteiger partial charge in [0.1, 0.15) is 17.4 Å². The van der Waals surface area contributed by atoms with Crippen LogP contribution in [0, 0.1) is 18.3 Å². The average Bonchev–Trinajstić information content (AvgIpc) is 2.78. The molecule has 1 aliphatic rings. The van der Waals surface area contributed by atoms with E-state index in [0.29, 0.717) is 43.3 Å². The molecule has 2 aromatic rings. The Morgan fingerprint density at radius 3 is 2.43 bits per heavy atom. The topological polar surface area (TPSA) is 91.7 Å². The number of carbonyl (C=O) groups is 2. The Balaban J connectivity index is 1.57. The Morgan fingerprint density at radius 1 is 1.13 bits per heavy atom. The van der Waals surface area contributed by atoms with Crippen LogP contribution in [0.4, 0.5) is 5.69 Å². The molecule has 1 fully saturated rings. The van der Waals surface area contributed by atoms with E-state index in [1.165, 1.54) is 6.08 Å². The van der Waals surface area contributed by atoms with Gasteiger partial charge < -0.3 is 19.7 Å². The van der Waals surface area contributed by atoms with E-state index in [4.69, 9.17) is 9.47 Å². The quantitative estimate of drug-likeness (QED) is 0.589. The maximum Gasteiger partial charge on any atom is 0.266 e. The molecule has 30 heavy (non-hydrogen) atoms. The van der Waals surface area contributed by atoms with Crippen LogP contribution in [0.3, 0.4) is 0 Å². The second-order valence-corrected chi connectivity index (χ2v) is 6.84. The van der Waals surface area contributed by atoms with E-state index in [1.54, 1.807) is 41.3 Å². The minimum atomic E-state index is -0.474. The van der Waals surface area contributed by atoms with Crippen molar-refractivity contribution >= 4 is 23.6 Å². The zero-order valence-electron chi connectivity index (χ0n) is 16.8. The van der Waals surface area contributed by atoms with Gasteiger partial charge in [0.2, 0.25) is 0 Å². The first-order valence-electron chi connectivity index (χ1n) is 9.63. The summed E-state index contributed by atoms with van der Waals surface area (Å²) in [6.45, 7) is 4.16. The molecule has 0 radical (unpaired) electrons. The largest absolute Gasteiger partial charge is 0.484 e. The van der Waals surface area contributed by atoms with E-state index < -0.39 is 5.91 Å². The van der Waals surface area contributed by atoms with Gasteiger partial charge in [-0.1, -0.05) is 29.8 Å². The van der Waals surface area contributed by atoms with Crippen LogP contribution in [-0.2, 0) is 14.3 Å². The van der Waals surface area contributed by atoms with Gasteiger partial charge in [-0.25, -0.2) is 0 Å². The van der Waals surface area contributed by atoms with Gasteiger partial charge in [0.25, 0.3) is 11.8 Å². The number of carbonyl (C=O) groups excluding carboxylic acids is 2. The third-order valence-corrected chi connectivity index (χ3v) is 4.59. The highest BCUT2D eigenvalue weighted by molar-refractivity contribution is 6.09. The minimum Gasteiger partial charge on any atom is -0.484 e. The van der Waals surface area contributed by atoms with Gasteiger partial charge in [-0.3, -0.25) is 9.59 Å². The van der Waals surface area contributed by atoms with Crippen molar-refractivity contribution in [2.75, 3.05) is 38.2 Å². The van der Waals surface area contributed by atoms with Crippen molar-refractivity contribution in [3.8, 4) is 11.8 Å². The molecule has 2 aromatic carbocycles. The first kappa shape index (κ1) is 21.1. The zero-order chi connectivity index (χ0) is 21.3. The first-order chi connectivity index (χ1) is 14.5. The second-order valence-electron chi connectivity index (χ2n) is 6.84. The summed E-state index contributed by atoms with van der Waals surface area (Å²) in [5, 5.41) is 12.1. The number of anilines is 1. The smallest absolute Gasteiger partial charge is 0.266 e. The number of rotatable bonds is 6. The average molecular weight is 405 g/mol. The molecule has 0 atom stereocenters. The Kier molecular flexibility index (Phi) is 7.19. The number of morpholine rings is 1. The molecule has 1 N–H and O–H groups in total. The predicted octanol–water partition coefficient (Wildman–Crippen LogP) is 2.78. The van der Waals surface area contributed by atoms with E-state index in [0.717, 1.165) is 5.56 Å². The number of benzene rings is 2. The van der Waals surface area contributed by atoms with Crippen LogP contribution in [-0.4, -0.2) is 49.6 Å². The monoisotopic (exact) mass is 405 g/mol. The molecular formula is C23H23N3O4. The number of nitrogens with one attached hydrogen (secondary N) is 1. The molecule has 2 amide bonds. The summed E-state index contributed by atoms with van der Waals surface area (Å²) in [4.78, 5) is 26.2. The van der Waals surface area contributed by atoms with Gasteiger partial charge >= 0.3 is 0 Å². The Labute approximate surface area is 175 Å². The number of amides is 2. The van der Waals surface area contributed by atoms with E-state index in [1.807, 2.05) is 25.1 Å². The molecule has 1 heterocycles. The van der Waals surface area contributed by atoms with Crippen molar-refractivity contribution in [2.45, 2.75) is 6.92 Å². The molecule has 154 valence electrons. The van der Waals surface area contributed by atoms with Crippen LogP contribution in [0.15, 0.2) is 54.1 Å². The molecule has 0 unspecified atom stereocenters. The van der Waals surface area contributed by atoms with Crippen molar-refractivity contribution in [1.82, 2.24) is 4.90 Å². The molecule has 7 nitrogen and oxygen atoms in total. The van der Waals surface area contributed by atoms with Crippen LogP contribution in [0.1, 0.15) is 11.1 Å². The third kappa shape index (κ3) is 5.93. The number of hydrogen-bond acceptors (Lipinski definition) is 5. The van der Waals surface area contributed by atoms with Crippen molar-refractivity contribution in [3.05, 3.63) is 65.2 Å². The molecule has 1 saturated heterocycles. The fourth-order valence-electron chi connectivity index (χ4n) is 2.86. The summed E-state index contributed by atoms with van der Waals surface area (Å²) in [6.07, 6.45) is 1.51. The number of nitriles is 1. The Hall–Kier alpha value is -3.63.